The number of aromatic nitrogens is 1. The largest absolute Gasteiger partial charge is 0.335 e. The van der Waals surface area contributed by atoms with Gasteiger partial charge in [-0.3, -0.25) is 4.79 Å². The maximum atomic E-state index is 11.9. The molecule has 0 bridgehead atoms. The van der Waals surface area contributed by atoms with E-state index in [0.29, 0.717) is 13.1 Å². The quantitative estimate of drug-likeness (QED) is 0.888. The first-order valence-electron chi connectivity index (χ1n) is 6.40. The van der Waals surface area contributed by atoms with Crippen molar-refractivity contribution >= 4 is 17.2 Å². The third kappa shape index (κ3) is 3.29. The standard InChI is InChI=1S/C13H21N3OS/c1-13(2,3)10-9-18-11(15-10)8-16-6-4-5-14-7-12(16)17/h9,14H,4-8H2,1-3H3. The number of nitrogens with one attached hydrogen (secondary N) is 1. The highest BCUT2D eigenvalue weighted by Crippen LogP contribution is 2.24. The van der Waals surface area contributed by atoms with Gasteiger partial charge in [0.1, 0.15) is 5.01 Å². The Balaban J connectivity index is 2.04. The predicted octanol–water partition coefficient (Wildman–Crippen LogP) is 1.76. The van der Waals surface area contributed by atoms with Crippen LogP contribution in [0.5, 0.6) is 0 Å². The van der Waals surface area contributed by atoms with Gasteiger partial charge >= 0.3 is 0 Å². The van der Waals surface area contributed by atoms with Crippen molar-refractivity contribution in [3.05, 3.63) is 16.1 Å². The van der Waals surface area contributed by atoms with Gasteiger partial charge < -0.3 is 10.2 Å². The van der Waals surface area contributed by atoms with Crippen LogP contribution in [0, 0.1) is 0 Å². The van der Waals surface area contributed by atoms with Crippen molar-refractivity contribution in [3.8, 4) is 0 Å². The van der Waals surface area contributed by atoms with Crippen LogP contribution in [0.25, 0.3) is 0 Å². The first-order valence-corrected chi connectivity index (χ1v) is 7.28. The second-order valence-corrected chi connectivity index (χ2v) is 6.66. The lowest BCUT2D eigenvalue weighted by Crippen LogP contribution is -2.34. The normalized spacial score (nSPS) is 17.9. The van der Waals surface area contributed by atoms with Crippen LogP contribution in [-0.2, 0) is 16.8 Å². The lowest BCUT2D eigenvalue weighted by molar-refractivity contribution is -0.130. The van der Waals surface area contributed by atoms with Crippen LogP contribution in [-0.4, -0.2) is 35.4 Å². The van der Waals surface area contributed by atoms with E-state index < -0.39 is 0 Å². The van der Waals surface area contributed by atoms with E-state index >= 15 is 0 Å². The smallest absolute Gasteiger partial charge is 0.236 e. The van der Waals surface area contributed by atoms with Crippen LogP contribution in [0.4, 0.5) is 0 Å². The highest BCUT2D eigenvalue weighted by Gasteiger charge is 2.20. The molecule has 1 amide bonds. The molecule has 2 rings (SSSR count). The first-order chi connectivity index (χ1) is 8.47. The summed E-state index contributed by atoms with van der Waals surface area (Å²) in [4.78, 5) is 18.4. The van der Waals surface area contributed by atoms with E-state index in [9.17, 15) is 4.79 Å². The average Bonchev–Trinajstić information content (AvgIpc) is 2.66. The zero-order valence-electron chi connectivity index (χ0n) is 11.3. The molecule has 2 heterocycles. The lowest BCUT2D eigenvalue weighted by atomic mass is 9.93. The Morgan fingerprint density at radius 1 is 1.50 bits per heavy atom. The second-order valence-electron chi connectivity index (χ2n) is 5.72. The number of rotatable bonds is 2. The Kier molecular flexibility index (Phi) is 4.02. The molecule has 1 aromatic heterocycles. The fourth-order valence-electron chi connectivity index (χ4n) is 1.89. The molecule has 1 aliphatic rings. The third-order valence-corrected chi connectivity index (χ3v) is 3.89. The fourth-order valence-corrected chi connectivity index (χ4v) is 2.92. The molecule has 1 saturated heterocycles. The zero-order valence-corrected chi connectivity index (χ0v) is 12.1. The molecule has 100 valence electrons. The Morgan fingerprint density at radius 2 is 2.28 bits per heavy atom. The van der Waals surface area contributed by atoms with E-state index in [2.05, 4.69) is 36.5 Å². The van der Waals surface area contributed by atoms with Gasteiger partial charge in [0.15, 0.2) is 0 Å². The van der Waals surface area contributed by atoms with E-state index in [1.807, 2.05) is 4.90 Å². The van der Waals surface area contributed by atoms with E-state index in [0.717, 1.165) is 30.2 Å². The Hall–Kier alpha value is -0.940. The molecule has 1 N–H and O–H groups in total. The van der Waals surface area contributed by atoms with E-state index in [1.165, 1.54) is 0 Å². The molecule has 5 heteroatoms. The molecular formula is C13H21N3OS. The van der Waals surface area contributed by atoms with E-state index in [-0.39, 0.29) is 11.3 Å². The molecule has 1 aromatic rings. The second kappa shape index (κ2) is 5.36. The van der Waals surface area contributed by atoms with Crippen LogP contribution >= 0.6 is 11.3 Å². The van der Waals surface area contributed by atoms with Gasteiger partial charge in [-0.2, -0.15) is 0 Å². The van der Waals surface area contributed by atoms with Gasteiger partial charge in [0.05, 0.1) is 18.8 Å². The monoisotopic (exact) mass is 267 g/mol. The molecule has 0 spiro atoms. The summed E-state index contributed by atoms with van der Waals surface area (Å²) >= 11 is 1.65. The third-order valence-electron chi connectivity index (χ3n) is 3.06. The summed E-state index contributed by atoms with van der Waals surface area (Å²) in [6.07, 6.45) is 1.02. The maximum absolute atomic E-state index is 11.9. The number of nitrogens with zero attached hydrogens (tertiary/aromatic N) is 2. The highest BCUT2D eigenvalue weighted by molar-refractivity contribution is 7.09. The molecule has 18 heavy (non-hydrogen) atoms. The number of amides is 1. The topological polar surface area (TPSA) is 45.2 Å². The van der Waals surface area contributed by atoms with Crippen LogP contribution in [0.2, 0.25) is 0 Å². The molecular weight excluding hydrogens is 246 g/mol. The summed E-state index contributed by atoms with van der Waals surface area (Å²) in [6, 6.07) is 0. The van der Waals surface area contributed by atoms with Crippen LogP contribution < -0.4 is 5.32 Å². The summed E-state index contributed by atoms with van der Waals surface area (Å²) < 4.78 is 0. The minimum atomic E-state index is 0.0824. The maximum Gasteiger partial charge on any atom is 0.236 e. The molecule has 0 aromatic carbocycles. The fraction of sp³-hybridized carbons (Fsp3) is 0.692. The van der Waals surface area contributed by atoms with Crippen molar-refractivity contribution in [1.29, 1.82) is 0 Å². The Morgan fingerprint density at radius 3 is 2.94 bits per heavy atom. The number of hydrogen-bond donors (Lipinski definition) is 1. The summed E-state index contributed by atoms with van der Waals surface area (Å²) in [5, 5.41) is 6.28. The van der Waals surface area contributed by atoms with Crippen molar-refractivity contribution < 1.29 is 4.79 Å². The molecule has 4 nitrogen and oxygen atoms in total. The van der Waals surface area contributed by atoms with Gasteiger partial charge in [0, 0.05) is 17.3 Å². The van der Waals surface area contributed by atoms with Crippen molar-refractivity contribution in [1.82, 2.24) is 15.2 Å². The van der Waals surface area contributed by atoms with Gasteiger partial charge in [-0.1, -0.05) is 20.8 Å². The van der Waals surface area contributed by atoms with Gasteiger partial charge in [0.25, 0.3) is 0 Å². The van der Waals surface area contributed by atoms with Gasteiger partial charge in [-0.25, -0.2) is 4.98 Å². The van der Waals surface area contributed by atoms with Crippen molar-refractivity contribution in [2.75, 3.05) is 19.6 Å². The van der Waals surface area contributed by atoms with Crippen molar-refractivity contribution in [2.24, 2.45) is 0 Å². The molecule has 0 radical (unpaired) electrons. The summed E-state index contributed by atoms with van der Waals surface area (Å²) in [7, 11) is 0. The summed E-state index contributed by atoms with van der Waals surface area (Å²) in [5.41, 5.74) is 1.20. The average molecular weight is 267 g/mol. The number of thiazole rings is 1. The van der Waals surface area contributed by atoms with Gasteiger partial charge in [0.2, 0.25) is 5.91 Å². The van der Waals surface area contributed by atoms with E-state index in [1.54, 1.807) is 11.3 Å². The molecule has 0 unspecified atom stereocenters. The zero-order chi connectivity index (χ0) is 13.2. The number of carbonyl (C=O) groups is 1. The minimum absolute atomic E-state index is 0.0824. The van der Waals surface area contributed by atoms with Crippen LogP contribution in [0.3, 0.4) is 0 Å². The van der Waals surface area contributed by atoms with Crippen LogP contribution in [0.15, 0.2) is 5.38 Å². The number of carbonyl (C=O) groups excluding carboxylic acids is 1. The molecule has 1 fully saturated rings. The Labute approximate surface area is 112 Å². The van der Waals surface area contributed by atoms with Gasteiger partial charge in [-0.15, -0.1) is 11.3 Å². The van der Waals surface area contributed by atoms with Crippen LogP contribution in [0.1, 0.15) is 37.9 Å². The predicted molar refractivity (Wildman–Crippen MR) is 73.7 cm³/mol. The Bertz CT molecular complexity index is 422. The summed E-state index contributed by atoms with van der Waals surface area (Å²) in [5.74, 6) is 0.181. The molecule has 0 aliphatic carbocycles. The minimum Gasteiger partial charge on any atom is -0.335 e. The molecule has 0 saturated carbocycles. The molecule has 0 atom stereocenters. The van der Waals surface area contributed by atoms with Crippen molar-refractivity contribution in [3.63, 3.8) is 0 Å². The number of hydrogen-bond acceptors (Lipinski definition) is 4. The highest BCUT2D eigenvalue weighted by atomic mass is 32.1. The van der Waals surface area contributed by atoms with Crippen molar-refractivity contribution in [2.45, 2.75) is 39.2 Å². The summed E-state index contributed by atoms with van der Waals surface area (Å²) in [6.45, 7) is 9.34. The SMILES string of the molecule is CC(C)(C)c1csc(CN2CCCNCC2=O)n1. The molecule has 1 aliphatic heterocycles. The van der Waals surface area contributed by atoms with Gasteiger partial charge in [-0.05, 0) is 13.0 Å². The van der Waals surface area contributed by atoms with E-state index in [4.69, 9.17) is 0 Å². The lowest BCUT2D eigenvalue weighted by Gasteiger charge is -2.19. The first kappa shape index (κ1) is 13.5.